The zero-order chi connectivity index (χ0) is 28.9. The van der Waals surface area contributed by atoms with Gasteiger partial charge < -0.3 is 31.5 Å². The van der Waals surface area contributed by atoms with Crippen molar-refractivity contribution in [2.24, 2.45) is 10.8 Å². The van der Waals surface area contributed by atoms with Crippen molar-refractivity contribution in [1.29, 1.82) is 0 Å². The Bertz CT molecular complexity index is 1280. The zero-order valence-electron chi connectivity index (χ0n) is 21.9. The molecule has 0 saturated heterocycles. The average molecular weight is 549 g/mol. The van der Waals surface area contributed by atoms with Crippen molar-refractivity contribution in [2.75, 3.05) is 13.7 Å². The SMILES string of the molecule is COc1ccc(CNC(=O)[C@H](CCCNC(N)=N[N+](=O)[O-])NC(=O)C(c2ccccc2)c2ccccc2)cc1O. The molecule has 0 heterocycles. The monoisotopic (exact) mass is 548 g/mol. The highest BCUT2D eigenvalue weighted by Gasteiger charge is 2.27. The average Bonchev–Trinajstić information content (AvgIpc) is 2.94. The fourth-order valence-corrected chi connectivity index (χ4v) is 4.11. The molecule has 3 rings (SSSR count). The van der Waals surface area contributed by atoms with Crippen LogP contribution < -0.4 is 26.4 Å². The lowest BCUT2D eigenvalue weighted by Gasteiger charge is -2.23. The number of guanidine groups is 1. The lowest BCUT2D eigenvalue weighted by atomic mass is 9.90. The Hall–Kier alpha value is -5.13. The van der Waals surface area contributed by atoms with E-state index in [1.807, 2.05) is 60.7 Å². The molecular weight excluding hydrogens is 516 g/mol. The van der Waals surface area contributed by atoms with Crippen LogP contribution in [0.25, 0.3) is 0 Å². The Balaban J connectivity index is 1.76. The highest BCUT2D eigenvalue weighted by molar-refractivity contribution is 5.92. The molecule has 3 aromatic carbocycles. The van der Waals surface area contributed by atoms with E-state index in [4.69, 9.17) is 10.5 Å². The predicted octanol–water partition coefficient (Wildman–Crippen LogP) is 2.21. The Morgan fingerprint density at radius 1 is 1.00 bits per heavy atom. The van der Waals surface area contributed by atoms with Crippen molar-refractivity contribution in [3.63, 3.8) is 0 Å². The van der Waals surface area contributed by atoms with Crippen molar-refractivity contribution >= 4 is 17.8 Å². The third kappa shape index (κ3) is 8.72. The van der Waals surface area contributed by atoms with Gasteiger partial charge in [0.1, 0.15) is 11.1 Å². The van der Waals surface area contributed by atoms with Crippen molar-refractivity contribution in [3.05, 3.63) is 106 Å². The van der Waals surface area contributed by atoms with Gasteiger partial charge in [0.25, 0.3) is 5.96 Å². The first-order valence-electron chi connectivity index (χ1n) is 12.5. The number of nitrogens with two attached hydrogens (primary N) is 1. The maximum absolute atomic E-state index is 13.6. The highest BCUT2D eigenvalue weighted by atomic mass is 16.7. The summed E-state index contributed by atoms with van der Waals surface area (Å²) in [6, 6.07) is 22.3. The number of nitro groups is 1. The van der Waals surface area contributed by atoms with Crippen molar-refractivity contribution in [3.8, 4) is 11.5 Å². The first-order valence-corrected chi connectivity index (χ1v) is 12.5. The summed E-state index contributed by atoms with van der Waals surface area (Å²) in [5.74, 6) is -1.56. The Morgan fingerprint density at radius 2 is 1.62 bits per heavy atom. The normalized spacial score (nSPS) is 11.9. The lowest BCUT2D eigenvalue weighted by molar-refractivity contribution is -0.485. The molecule has 0 unspecified atom stereocenters. The third-order valence-corrected chi connectivity index (χ3v) is 6.04. The number of hydrogen-bond donors (Lipinski definition) is 5. The van der Waals surface area contributed by atoms with Gasteiger partial charge in [-0.2, -0.15) is 0 Å². The van der Waals surface area contributed by atoms with Gasteiger partial charge in [-0.3, -0.25) is 9.59 Å². The van der Waals surface area contributed by atoms with Crippen LogP contribution in [0.3, 0.4) is 0 Å². The number of hydrogen-bond acceptors (Lipinski definition) is 6. The molecular formula is C28H32N6O6. The van der Waals surface area contributed by atoms with Gasteiger partial charge in [-0.15, -0.1) is 0 Å². The van der Waals surface area contributed by atoms with Crippen LogP contribution in [0.4, 0.5) is 0 Å². The third-order valence-electron chi connectivity index (χ3n) is 6.04. The molecule has 12 heteroatoms. The van der Waals surface area contributed by atoms with Gasteiger partial charge in [-0.1, -0.05) is 66.7 Å². The minimum absolute atomic E-state index is 0.0623. The standard InChI is InChI=1S/C28H32N6O6/c1-40-24-15-14-19(17-23(24)35)18-31-26(36)22(13-8-16-30-28(29)33-34(38)39)32-27(37)25(20-9-4-2-5-10-20)21-11-6-3-7-12-21/h2-7,9-12,14-15,17,22,25,35H,8,13,16,18H2,1H3,(H,31,36)(H,32,37)(H3,29,30,33)/t22-/m0/s1. The summed E-state index contributed by atoms with van der Waals surface area (Å²) < 4.78 is 5.05. The smallest absolute Gasteiger partial charge is 0.266 e. The van der Waals surface area contributed by atoms with Gasteiger partial charge in [0.05, 0.1) is 13.0 Å². The molecule has 0 saturated carbocycles. The van der Waals surface area contributed by atoms with E-state index in [9.17, 15) is 24.8 Å². The van der Waals surface area contributed by atoms with Crippen LogP contribution in [0.1, 0.15) is 35.4 Å². The number of rotatable bonds is 13. The number of carbonyl (C=O) groups is 2. The molecule has 0 aliphatic carbocycles. The van der Waals surface area contributed by atoms with Gasteiger partial charge in [0.2, 0.25) is 11.8 Å². The molecule has 2 amide bonds. The summed E-state index contributed by atoms with van der Waals surface area (Å²) in [7, 11) is 1.44. The van der Waals surface area contributed by atoms with E-state index in [2.05, 4.69) is 21.1 Å². The molecule has 0 aromatic heterocycles. The first-order chi connectivity index (χ1) is 19.3. The fraction of sp³-hybridized carbons (Fsp3) is 0.250. The Labute approximate surface area is 231 Å². The molecule has 40 heavy (non-hydrogen) atoms. The number of ether oxygens (including phenoxy) is 1. The van der Waals surface area contributed by atoms with E-state index in [0.717, 1.165) is 11.1 Å². The summed E-state index contributed by atoms with van der Waals surface area (Å²) in [4.78, 5) is 37.4. The molecule has 0 radical (unpaired) electrons. The molecule has 3 aromatic rings. The van der Waals surface area contributed by atoms with Gasteiger partial charge in [-0.05, 0) is 41.7 Å². The fourth-order valence-electron chi connectivity index (χ4n) is 4.11. The van der Waals surface area contributed by atoms with E-state index in [-0.39, 0.29) is 37.1 Å². The predicted molar refractivity (Wildman–Crippen MR) is 149 cm³/mol. The number of phenolic OH excluding ortho intramolecular Hbond substituents is 1. The minimum Gasteiger partial charge on any atom is -0.504 e. The van der Waals surface area contributed by atoms with Gasteiger partial charge in [-0.25, -0.2) is 10.1 Å². The van der Waals surface area contributed by atoms with Crippen LogP contribution in [-0.4, -0.2) is 47.6 Å². The number of amides is 2. The van der Waals surface area contributed by atoms with Crippen molar-refractivity contribution in [2.45, 2.75) is 31.3 Å². The topological polar surface area (TPSA) is 181 Å². The number of methoxy groups -OCH3 is 1. The highest BCUT2D eigenvalue weighted by Crippen LogP contribution is 2.27. The molecule has 0 bridgehead atoms. The molecule has 210 valence electrons. The molecule has 12 nitrogen and oxygen atoms in total. The van der Waals surface area contributed by atoms with Crippen molar-refractivity contribution < 1.29 is 24.5 Å². The maximum Gasteiger partial charge on any atom is 0.266 e. The molecule has 6 N–H and O–H groups in total. The number of hydrazone groups is 1. The quantitative estimate of drug-likeness (QED) is 0.0708. The van der Waals surface area contributed by atoms with Crippen LogP contribution in [0.15, 0.2) is 84.0 Å². The summed E-state index contributed by atoms with van der Waals surface area (Å²) >= 11 is 0. The van der Waals surface area contributed by atoms with Crippen LogP contribution in [0, 0.1) is 10.1 Å². The second-order valence-electron chi connectivity index (χ2n) is 8.83. The minimum atomic E-state index is -0.926. The van der Waals surface area contributed by atoms with Crippen LogP contribution in [0.2, 0.25) is 0 Å². The molecule has 0 aliphatic heterocycles. The van der Waals surface area contributed by atoms with Crippen LogP contribution in [-0.2, 0) is 16.1 Å². The number of benzene rings is 3. The van der Waals surface area contributed by atoms with Gasteiger partial charge in [0, 0.05) is 13.1 Å². The van der Waals surface area contributed by atoms with Crippen molar-refractivity contribution in [1.82, 2.24) is 16.0 Å². The summed E-state index contributed by atoms with van der Waals surface area (Å²) in [6.07, 6.45) is 0.553. The van der Waals surface area contributed by atoms with E-state index >= 15 is 0 Å². The number of phenols is 1. The summed E-state index contributed by atoms with van der Waals surface area (Å²) in [6.45, 7) is 0.292. The second kappa shape index (κ2) is 14.7. The van der Waals surface area contributed by atoms with Crippen LogP contribution in [0.5, 0.6) is 11.5 Å². The number of carbonyl (C=O) groups excluding carboxylic acids is 2. The van der Waals surface area contributed by atoms with Gasteiger partial charge >= 0.3 is 0 Å². The Morgan fingerprint density at radius 3 is 2.17 bits per heavy atom. The molecule has 1 atom stereocenters. The lowest BCUT2D eigenvalue weighted by Crippen LogP contribution is -2.48. The van der Waals surface area contributed by atoms with E-state index in [1.54, 1.807) is 12.1 Å². The van der Waals surface area contributed by atoms with Crippen LogP contribution >= 0.6 is 0 Å². The molecule has 0 fully saturated rings. The first kappa shape index (κ1) is 29.4. The molecule has 0 spiro atoms. The second-order valence-corrected chi connectivity index (χ2v) is 8.83. The van der Waals surface area contributed by atoms with E-state index in [1.165, 1.54) is 13.2 Å². The summed E-state index contributed by atoms with van der Waals surface area (Å²) in [5.41, 5.74) is 7.63. The zero-order valence-corrected chi connectivity index (χ0v) is 21.9. The molecule has 0 aliphatic rings. The Kier molecular flexibility index (Phi) is 10.8. The number of nitrogens with one attached hydrogen (secondary N) is 3. The number of nitrogens with zero attached hydrogens (tertiary/aromatic N) is 2. The van der Waals surface area contributed by atoms with Gasteiger partial charge in [0.15, 0.2) is 16.5 Å². The van der Waals surface area contributed by atoms with E-state index in [0.29, 0.717) is 17.7 Å². The summed E-state index contributed by atoms with van der Waals surface area (Å²) in [5, 5.41) is 30.9. The largest absolute Gasteiger partial charge is 0.504 e. The van der Waals surface area contributed by atoms with E-state index < -0.39 is 22.9 Å². The maximum atomic E-state index is 13.6. The number of aromatic hydroxyl groups is 1.